The summed E-state index contributed by atoms with van der Waals surface area (Å²) < 4.78 is 40.8. The highest BCUT2D eigenvalue weighted by Crippen LogP contribution is 2.42. The third kappa shape index (κ3) is 4.18. The molecule has 1 saturated carbocycles. The van der Waals surface area contributed by atoms with E-state index >= 15 is 0 Å². The van der Waals surface area contributed by atoms with Gasteiger partial charge in [0.1, 0.15) is 0 Å². The van der Waals surface area contributed by atoms with Crippen LogP contribution in [0.2, 0.25) is 0 Å². The first-order valence-electron chi connectivity index (χ1n) is 9.40. The summed E-state index contributed by atoms with van der Waals surface area (Å²) in [4.78, 5) is 16.8. The Hall–Kier alpha value is -3.09. The molecular weight excluding hydrogens is 379 g/mol. The predicted octanol–water partition coefficient (Wildman–Crippen LogP) is 5.08. The van der Waals surface area contributed by atoms with E-state index in [0.29, 0.717) is 0 Å². The van der Waals surface area contributed by atoms with Crippen LogP contribution < -0.4 is 5.32 Å². The molecule has 1 aromatic heterocycles. The zero-order valence-electron chi connectivity index (χ0n) is 15.8. The van der Waals surface area contributed by atoms with Gasteiger partial charge in [-0.15, -0.1) is 0 Å². The van der Waals surface area contributed by atoms with Gasteiger partial charge in [-0.3, -0.25) is 4.79 Å². The number of nitrogens with one attached hydrogen (secondary N) is 1. The normalized spacial score (nSPS) is 15.2. The molecule has 150 valence electrons. The number of hydrogen-bond donors (Lipinski definition) is 1. The highest BCUT2D eigenvalue weighted by molar-refractivity contribution is 5.94. The molecule has 0 saturated heterocycles. The van der Waals surface area contributed by atoms with E-state index in [1.807, 2.05) is 35.9 Å². The molecule has 4 nitrogen and oxygen atoms in total. The first-order valence-corrected chi connectivity index (χ1v) is 9.40. The summed E-state index contributed by atoms with van der Waals surface area (Å²) in [5, 5.41) is 2.95. The number of imidazole rings is 1. The molecule has 0 radical (unpaired) electrons. The van der Waals surface area contributed by atoms with Gasteiger partial charge in [0.15, 0.2) is 0 Å². The summed E-state index contributed by atoms with van der Waals surface area (Å²) >= 11 is 0. The molecule has 3 aromatic rings. The molecule has 1 N–H and O–H groups in total. The highest BCUT2D eigenvalue weighted by Gasteiger charge is 2.35. The van der Waals surface area contributed by atoms with Crippen molar-refractivity contribution in [2.24, 2.45) is 5.92 Å². The lowest BCUT2D eigenvalue weighted by molar-refractivity contribution is -0.137. The zero-order chi connectivity index (χ0) is 20.6. The molecule has 7 heteroatoms. The van der Waals surface area contributed by atoms with Crippen molar-refractivity contribution in [1.29, 1.82) is 0 Å². The highest BCUT2D eigenvalue weighted by atomic mass is 19.4. The van der Waals surface area contributed by atoms with Crippen LogP contribution in [0.4, 0.5) is 13.2 Å². The molecule has 1 heterocycles. The quantitative estimate of drug-likeness (QED) is 0.650. The first kappa shape index (κ1) is 19.2. The SMILES string of the molecule is Cc1ccc([C@@H](NC(=O)c2cccc(C(F)(F)F)c2)C2CC2)cc1-n1ccnc1. The number of alkyl halides is 3. The molecule has 29 heavy (non-hydrogen) atoms. The topological polar surface area (TPSA) is 46.9 Å². The minimum atomic E-state index is -4.48. The first-order chi connectivity index (χ1) is 13.8. The monoisotopic (exact) mass is 399 g/mol. The number of aryl methyl sites for hydroxylation is 1. The molecule has 1 aliphatic rings. The summed E-state index contributed by atoms with van der Waals surface area (Å²) in [7, 11) is 0. The van der Waals surface area contributed by atoms with Crippen molar-refractivity contribution in [3.05, 3.63) is 83.4 Å². The summed E-state index contributed by atoms with van der Waals surface area (Å²) in [5.41, 5.74) is 2.13. The standard InChI is InChI=1S/C22H20F3N3O/c1-14-5-6-16(12-19(14)28-10-9-26-13-28)20(15-7-8-15)27-21(29)17-3-2-4-18(11-17)22(23,24)25/h2-6,9-13,15,20H,7-8H2,1H3,(H,27,29)/t20-/m0/s1. The predicted molar refractivity (Wildman–Crippen MR) is 103 cm³/mol. The molecule has 1 atom stereocenters. The van der Waals surface area contributed by atoms with Crippen LogP contribution in [0.15, 0.2) is 61.2 Å². The summed E-state index contributed by atoms with van der Waals surface area (Å²) in [6.45, 7) is 1.99. The van der Waals surface area contributed by atoms with Crippen molar-refractivity contribution in [2.45, 2.75) is 32.0 Å². The Morgan fingerprint density at radius 1 is 1.21 bits per heavy atom. The second-order valence-corrected chi connectivity index (χ2v) is 7.38. The number of halogens is 3. The molecule has 1 aliphatic carbocycles. The van der Waals surface area contributed by atoms with Crippen molar-refractivity contribution in [3.63, 3.8) is 0 Å². The largest absolute Gasteiger partial charge is 0.416 e. The fourth-order valence-electron chi connectivity index (χ4n) is 3.46. The van der Waals surface area contributed by atoms with Crippen LogP contribution in [0.3, 0.4) is 0 Å². The van der Waals surface area contributed by atoms with E-state index in [1.165, 1.54) is 12.1 Å². The number of rotatable bonds is 5. The minimum absolute atomic E-state index is 0.00687. The molecule has 4 rings (SSSR count). The fraction of sp³-hybridized carbons (Fsp3) is 0.273. The number of amides is 1. The van der Waals surface area contributed by atoms with Crippen molar-refractivity contribution >= 4 is 5.91 Å². The van der Waals surface area contributed by atoms with Crippen LogP contribution in [0.25, 0.3) is 5.69 Å². The van der Waals surface area contributed by atoms with Gasteiger partial charge in [0.05, 0.1) is 17.9 Å². The van der Waals surface area contributed by atoms with E-state index in [0.717, 1.165) is 41.8 Å². The van der Waals surface area contributed by atoms with E-state index in [2.05, 4.69) is 10.3 Å². The summed E-state index contributed by atoms with van der Waals surface area (Å²) in [6.07, 6.45) is 2.71. The van der Waals surface area contributed by atoms with Gasteiger partial charge in [0.2, 0.25) is 0 Å². The molecule has 0 bridgehead atoms. The number of nitrogens with zero attached hydrogens (tertiary/aromatic N) is 2. The number of aromatic nitrogens is 2. The maximum atomic E-state index is 13.0. The third-order valence-corrected chi connectivity index (χ3v) is 5.21. The van der Waals surface area contributed by atoms with Gasteiger partial charge in [0, 0.05) is 23.6 Å². The Bertz CT molecular complexity index is 1020. The number of carbonyl (C=O) groups excluding carboxylic acids is 1. The van der Waals surface area contributed by atoms with Crippen LogP contribution >= 0.6 is 0 Å². The van der Waals surface area contributed by atoms with Gasteiger partial charge < -0.3 is 9.88 Å². The second kappa shape index (κ2) is 7.39. The lowest BCUT2D eigenvalue weighted by Crippen LogP contribution is -2.30. The van der Waals surface area contributed by atoms with E-state index in [-0.39, 0.29) is 17.5 Å². The van der Waals surface area contributed by atoms with Crippen molar-refractivity contribution < 1.29 is 18.0 Å². The van der Waals surface area contributed by atoms with Crippen molar-refractivity contribution in [3.8, 4) is 5.69 Å². The molecule has 2 aromatic carbocycles. The lowest BCUT2D eigenvalue weighted by atomic mass is 9.99. The Balaban J connectivity index is 1.61. The average Bonchev–Trinajstić information content (AvgIpc) is 3.39. The second-order valence-electron chi connectivity index (χ2n) is 7.38. The van der Waals surface area contributed by atoms with Crippen LogP contribution in [-0.4, -0.2) is 15.5 Å². The molecule has 1 fully saturated rings. The average molecular weight is 399 g/mol. The maximum Gasteiger partial charge on any atom is 0.416 e. The van der Waals surface area contributed by atoms with Crippen molar-refractivity contribution in [1.82, 2.24) is 14.9 Å². The number of benzene rings is 2. The zero-order valence-corrected chi connectivity index (χ0v) is 15.8. The molecule has 0 aliphatic heterocycles. The van der Waals surface area contributed by atoms with Gasteiger partial charge in [-0.25, -0.2) is 4.98 Å². The van der Waals surface area contributed by atoms with Gasteiger partial charge in [-0.2, -0.15) is 13.2 Å². The lowest BCUT2D eigenvalue weighted by Gasteiger charge is -2.21. The smallest absolute Gasteiger partial charge is 0.345 e. The fourth-order valence-corrected chi connectivity index (χ4v) is 3.46. The third-order valence-electron chi connectivity index (χ3n) is 5.21. The summed E-state index contributed by atoms with van der Waals surface area (Å²) in [6, 6.07) is 10.2. The summed E-state index contributed by atoms with van der Waals surface area (Å²) in [5.74, 6) is -0.221. The van der Waals surface area contributed by atoms with Crippen molar-refractivity contribution in [2.75, 3.05) is 0 Å². The van der Waals surface area contributed by atoms with E-state index < -0.39 is 17.6 Å². The van der Waals surface area contributed by atoms with Crippen LogP contribution in [0, 0.1) is 12.8 Å². The van der Waals surface area contributed by atoms with E-state index in [4.69, 9.17) is 0 Å². The van der Waals surface area contributed by atoms with Gasteiger partial charge in [-0.05, 0) is 61.1 Å². The number of hydrogen-bond acceptors (Lipinski definition) is 2. The maximum absolute atomic E-state index is 13.0. The minimum Gasteiger partial charge on any atom is -0.345 e. The van der Waals surface area contributed by atoms with Gasteiger partial charge in [0.25, 0.3) is 5.91 Å². The molecule has 0 unspecified atom stereocenters. The molecular formula is C22H20F3N3O. The molecule has 1 amide bonds. The Kier molecular flexibility index (Phi) is 4.90. The van der Waals surface area contributed by atoms with Crippen LogP contribution in [0.5, 0.6) is 0 Å². The van der Waals surface area contributed by atoms with E-state index in [1.54, 1.807) is 12.5 Å². The number of carbonyl (C=O) groups is 1. The Morgan fingerprint density at radius 3 is 2.66 bits per heavy atom. The molecule has 0 spiro atoms. The van der Waals surface area contributed by atoms with Gasteiger partial charge >= 0.3 is 6.18 Å². The van der Waals surface area contributed by atoms with Gasteiger partial charge in [-0.1, -0.05) is 18.2 Å². The van der Waals surface area contributed by atoms with Crippen LogP contribution in [0.1, 0.15) is 45.9 Å². The Morgan fingerprint density at radius 2 is 2.00 bits per heavy atom. The Labute approximate surface area is 166 Å². The van der Waals surface area contributed by atoms with E-state index in [9.17, 15) is 18.0 Å². The van der Waals surface area contributed by atoms with Crippen LogP contribution in [-0.2, 0) is 6.18 Å².